The van der Waals surface area contributed by atoms with Crippen LogP contribution < -0.4 is 10.6 Å². The molecule has 0 radical (unpaired) electrons. The number of carbonyl (C=O) groups excluding carboxylic acids is 1. The van der Waals surface area contributed by atoms with E-state index in [9.17, 15) is 4.79 Å². The molecule has 26 heavy (non-hydrogen) atoms. The second-order valence-electron chi connectivity index (χ2n) is 6.68. The van der Waals surface area contributed by atoms with E-state index in [4.69, 9.17) is 4.74 Å². The first kappa shape index (κ1) is 20.4. The summed E-state index contributed by atoms with van der Waals surface area (Å²) in [6, 6.07) is 20.0. The molecule has 1 heterocycles. The third-order valence-corrected chi connectivity index (χ3v) is 4.85. The van der Waals surface area contributed by atoms with Crippen molar-refractivity contribution in [3.8, 4) is 0 Å². The highest BCUT2D eigenvalue weighted by atomic mass is 35.5. The monoisotopic (exact) mass is 374 g/mol. The van der Waals surface area contributed by atoms with E-state index in [2.05, 4.69) is 10.6 Å². The molecule has 140 valence electrons. The summed E-state index contributed by atoms with van der Waals surface area (Å²) in [6.45, 7) is 4.86. The molecule has 4 nitrogen and oxygen atoms in total. The van der Waals surface area contributed by atoms with E-state index in [-0.39, 0.29) is 30.3 Å². The Kier molecular flexibility index (Phi) is 8.10. The summed E-state index contributed by atoms with van der Waals surface area (Å²) in [6.07, 6.45) is 0. The molecule has 1 amide bonds. The van der Waals surface area contributed by atoms with Crippen LogP contribution in [0.2, 0.25) is 0 Å². The van der Waals surface area contributed by atoms with E-state index in [1.807, 2.05) is 67.6 Å². The molecule has 1 aliphatic rings. The van der Waals surface area contributed by atoms with E-state index < -0.39 is 0 Å². The molecule has 2 N–H and O–H groups in total. The van der Waals surface area contributed by atoms with Crippen LogP contribution in [0.4, 0.5) is 0 Å². The van der Waals surface area contributed by atoms with Gasteiger partial charge in [0.1, 0.15) is 0 Å². The number of nitrogens with one attached hydrogen (secondary N) is 2. The van der Waals surface area contributed by atoms with Crippen LogP contribution in [0.5, 0.6) is 0 Å². The number of hydrogen-bond donors (Lipinski definition) is 2. The fourth-order valence-electron chi connectivity index (χ4n) is 2.96. The van der Waals surface area contributed by atoms with Gasteiger partial charge in [0.2, 0.25) is 5.91 Å². The van der Waals surface area contributed by atoms with Crippen molar-refractivity contribution in [3.05, 3.63) is 71.8 Å². The number of carbonyl (C=O) groups is 1. The quantitative estimate of drug-likeness (QED) is 0.745. The Hall–Kier alpha value is -1.88. The summed E-state index contributed by atoms with van der Waals surface area (Å²) >= 11 is 0. The lowest BCUT2D eigenvalue weighted by Crippen LogP contribution is -2.50. The number of ether oxygens (including phenoxy) is 1. The van der Waals surface area contributed by atoms with Crippen LogP contribution in [0.25, 0.3) is 0 Å². The van der Waals surface area contributed by atoms with Crippen molar-refractivity contribution in [2.24, 2.45) is 11.8 Å². The molecule has 2 aromatic rings. The van der Waals surface area contributed by atoms with E-state index in [1.165, 1.54) is 0 Å². The van der Waals surface area contributed by atoms with Crippen LogP contribution in [0.15, 0.2) is 60.7 Å². The van der Waals surface area contributed by atoms with Gasteiger partial charge in [-0.1, -0.05) is 67.6 Å². The third-order valence-electron chi connectivity index (χ3n) is 4.85. The Morgan fingerprint density at radius 3 is 2.31 bits per heavy atom. The van der Waals surface area contributed by atoms with E-state index in [0.29, 0.717) is 19.1 Å². The van der Waals surface area contributed by atoms with Gasteiger partial charge in [0, 0.05) is 5.92 Å². The highest BCUT2D eigenvalue weighted by Crippen LogP contribution is 2.19. The summed E-state index contributed by atoms with van der Waals surface area (Å²) in [4.78, 5) is 12.6. The van der Waals surface area contributed by atoms with Crippen LogP contribution in [0, 0.1) is 11.8 Å². The molecular weight excluding hydrogens is 348 g/mol. The molecule has 2 aromatic carbocycles. The zero-order valence-corrected chi connectivity index (χ0v) is 15.9. The van der Waals surface area contributed by atoms with Crippen molar-refractivity contribution < 1.29 is 9.53 Å². The zero-order valence-electron chi connectivity index (χ0n) is 15.1. The summed E-state index contributed by atoms with van der Waals surface area (Å²) in [5.74, 6) is 0.548. The molecule has 0 aliphatic carbocycles. The van der Waals surface area contributed by atoms with Gasteiger partial charge in [0.15, 0.2) is 0 Å². The van der Waals surface area contributed by atoms with Gasteiger partial charge in [-0.3, -0.25) is 4.79 Å². The minimum absolute atomic E-state index is 0. The molecule has 0 aromatic heterocycles. The van der Waals surface area contributed by atoms with Gasteiger partial charge >= 0.3 is 0 Å². The summed E-state index contributed by atoms with van der Waals surface area (Å²) in [5.41, 5.74) is 2.21. The topological polar surface area (TPSA) is 50.4 Å². The van der Waals surface area contributed by atoms with Gasteiger partial charge in [-0.25, -0.2) is 0 Å². The summed E-state index contributed by atoms with van der Waals surface area (Å²) in [7, 11) is 0. The second kappa shape index (κ2) is 10.3. The van der Waals surface area contributed by atoms with Crippen LogP contribution in [-0.4, -0.2) is 25.6 Å². The first-order chi connectivity index (χ1) is 12.2. The van der Waals surface area contributed by atoms with Crippen LogP contribution in [-0.2, 0) is 16.1 Å². The van der Waals surface area contributed by atoms with E-state index in [1.54, 1.807) is 0 Å². The van der Waals surface area contributed by atoms with E-state index in [0.717, 1.165) is 24.2 Å². The molecule has 2 unspecified atom stereocenters. The highest BCUT2D eigenvalue weighted by molar-refractivity contribution is 5.85. The minimum Gasteiger partial charge on any atom is -0.374 e. The average Bonchev–Trinajstić information content (AvgIpc) is 2.61. The predicted molar refractivity (Wildman–Crippen MR) is 106 cm³/mol. The first-order valence-corrected chi connectivity index (χ1v) is 8.91. The molecule has 1 fully saturated rings. The van der Waals surface area contributed by atoms with E-state index >= 15 is 0 Å². The lowest BCUT2D eigenvalue weighted by Gasteiger charge is -2.32. The maximum atomic E-state index is 12.6. The molecule has 1 saturated heterocycles. The second-order valence-corrected chi connectivity index (χ2v) is 6.68. The lowest BCUT2D eigenvalue weighted by atomic mass is 9.88. The van der Waals surface area contributed by atoms with Crippen molar-refractivity contribution in [1.29, 1.82) is 0 Å². The normalized spacial score (nSPS) is 16.0. The Balaban J connectivity index is 0.00000243. The van der Waals surface area contributed by atoms with Gasteiger partial charge < -0.3 is 15.4 Å². The van der Waals surface area contributed by atoms with Crippen LogP contribution >= 0.6 is 12.4 Å². The van der Waals surface area contributed by atoms with Gasteiger partial charge in [0.25, 0.3) is 0 Å². The Labute approximate surface area is 161 Å². The maximum Gasteiger partial charge on any atom is 0.223 e. The van der Waals surface area contributed by atoms with Gasteiger partial charge in [-0.2, -0.15) is 0 Å². The lowest BCUT2D eigenvalue weighted by molar-refractivity contribution is -0.128. The Morgan fingerprint density at radius 2 is 1.73 bits per heavy atom. The summed E-state index contributed by atoms with van der Waals surface area (Å²) < 4.78 is 5.89. The third kappa shape index (κ3) is 5.56. The number of halogens is 1. The number of rotatable bonds is 8. The number of hydrogen-bond acceptors (Lipinski definition) is 3. The Morgan fingerprint density at radius 1 is 1.12 bits per heavy atom. The Bertz CT molecular complexity index is 662. The smallest absolute Gasteiger partial charge is 0.223 e. The van der Waals surface area contributed by atoms with Crippen LogP contribution in [0.3, 0.4) is 0 Å². The van der Waals surface area contributed by atoms with Crippen molar-refractivity contribution in [2.45, 2.75) is 19.6 Å². The minimum atomic E-state index is -0.132. The number of benzene rings is 2. The molecule has 0 saturated carbocycles. The van der Waals surface area contributed by atoms with Gasteiger partial charge in [0.05, 0.1) is 19.3 Å². The zero-order chi connectivity index (χ0) is 17.5. The molecular formula is C21H27ClN2O2. The molecule has 1 aliphatic heterocycles. The molecule has 2 atom stereocenters. The summed E-state index contributed by atoms with van der Waals surface area (Å²) in [5, 5.41) is 6.41. The molecule has 3 rings (SSSR count). The molecule has 5 heteroatoms. The number of amides is 1. The largest absolute Gasteiger partial charge is 0.374 e. The fraction of sp³-hybridized carbons (Fsp3) is 0.381. The first-order valence-electron chi connectivity index (χ1n) is 8.91. The van der Waals surface area contributed by atoms with Crippen molar-refractivity contribution in [3.63, 3.8) is 0 Å². The molecule has 0 spiro atoms. The van der Waals surface area contributed by atoms with Crippen molar-refractivity contribution in [2.75, 3.05) is 19.7 Å². The standard InChI is InChI=1S/C21H26N2O2.ClH/c1-16(19-12-22-13-19)21(24)23-20(18-10-6-3-7-11-18)15-25-14-17-8-4-2-5-9-17;/h2-11,16,19-20,22H,12-15H2,1H3,(H,23,24);1H. The molecule has 0 bridgehead atoms. The van der Waals surface area contributed by atoms with Crippen LogP contribution in [0.1, 0.15) is 24.1 Å². The van der Waals surface area contributed by atoms with Crippen molar-refractivity contribution in [1.82, 2.24) is 10.6 Å². The maximum absolute atomic E-state index is 12.6. The fourth-order valence-corrected chi connectivity index (χ4v) is 2.96. The SMILES string of the molecule is CC(C(=O)NC(COCc1ccccc1)c1ccccc1)C1CNC1.Cl. The van der Waals surface area contributed by atoms with Crippen molar-refractivity contribution >= 4 is 18.3 Å². The predicted octanol–water partition coefficient (Wildman–Crippen LogP) is 3.34. The van der Waals surface area contributed by atoms with Gasteiger partial charge in [-0.05, 0) is 30.1 Å². The van der Waals surface area contributed by atoms with Gasteiger partial charge in [-0.15, -0.1) is 12.4 Å². The highest BCUT2D eigenvalue weighted by Gasteiger charge is 2.30. The average molecular weight is 375 g/mol.